The fraction of sp³-hybridized carbons (Fsp3) is 0.364. The highest BCUT2D eigenvalue weighted by Gasteiger charge is 2.12. The molecule has 0 unspecified atom stereocenters. The maximum Gasteiger partial charge on any atom is 0.0406 e. The third kappa shape index (κ3) is 1.20. The van der Waals surface area contributed by atoms with E-state index in [9.17, 15) is 0 Å². The number of para-hydroxylation sites is 1. The number of nitrogens with one attached hydrogen (secondary N) is 1. The molecule has 0 aliphatic carbocycles. The summed E-state index contributed by atoms with van der Waals surface area (Å²) in [6.07, 6.45) is 3.26. The first-order valence-corrected chi connectivity index (χ1v) is 4.55. The van der Waals surface area contributed by atoms with Gasteiger partial charge in [0.1, 0.15) is 0 Å². The van der Waals surface area contributed by atoms with Gasteiger partial charge >= 0.3 is 0 Å². The molecule has 0 saturated carbocycles. The first kappa shape index (κ1) is 7.66. The van der Waals surface area contributed by atoms with Crippen LogP contribution in [0.4, 0.5) is 5.69 Å². The second-order valence-corrected chi connectivity index (χ2v) is 3.23. The molecule has 2 rings (SSSR count). The summed E-state index contributed by atoms with van der Waals surface area (Å²) >= 11 is 0. The number of hydrogen-bond acceptors (Lipinski definition) is 1. The Bertz CT molecular complexity index is 278. The number of anilines is 1. The summed E-state index contributed by atoms with van der Waals surface area (Å²) in [6.45, 7) is 4.98. The van der Waals surface area contributed by atoms with Crippen LogP contribution in [0.2, 0.25) is 0 Å². The lowest BCUT2D eigenvalue weighted by atomic mass is 10.0. The quantitative estimate of drug-likeness (QED) is 0.700. The van der Waals surface area contributed by atoms with Crippen molar-refractivity contribution in [1.82, 2.24) is 0 Å². The zero-order valence-corrected chi connectivity index (χ0v) is 7.27. The highest BCUT2D eigenvalue weighted by molar-refractivity contribution is 5.61. The summed E-state index contributed by atoms with van der Waals surface area (Å²) in [6, 6.07) is 6.56. The van der Waals surface area contributed by atoms with E-state index in [0.717, 1.165) is 19.4 Å². The molecular formula is C11H14N. The van der Waals surface area contributed by atoms with Gasteiger partial charge in [0.15, 0.2) is 0 Å². The van der Waals surface area contributed by atoms with Crippen LogP contribution in [0.1, 0.15) is 17.5 Å². The van der Waals surface area contributed by atoms with Crippen molar-refractivity contribution in [3.05, 3.63) is 36.2 Å². The van der Waals surface area contributed by atoms with Crippen molar-refractivity contribution in [2.75, 3.05) is 11.9 Å². The number of benzene rings is 1. The Balaban J connectivity index is 2.36. The average molecular weight is 160 g/mol. The fourth-order valence-corrected chi connectivity index (χ4v) is 1.81. The summed E-state index contributed by atoms with van der Waals surface area (Å²) in [7, 11) is 0. The molecule has 0 fully saturated rings. The molecule has 1 nitrogen and oxygen atoms in total. The van der Waals surface area contributed by atoms with Crippen molar-refractivity contribution in [3.8, 4) is 0 Å². The average Bonchev–Trinajstić information content (AvgIpc) is 2.53. The van der Waals surface area contributed by atoms with E-state index in [1.807, 2.05) is 0 Å². The standard InChI is InChI=1S/C11H14N/c1-2-4-9-5-3-6-10-7-8-12-11(9)10/h3,5-6,12H,1-2,4,7-8H2. The van der Waals surface area contributed by atoms with Gasteiger partial charge in [-0.25, -0.2) is 0 Å². The van der Waals surface area contributed by atoms with Crippen LogP contribution in [0, 0.1) is 6.92 Å². The molecule has 1 heterocycles. The number of aryl methyl sites for hydroxylation is 1. The molecule has 1 N–H and O–H groups in total. The highest BCUT2D eigenvalue weighted by Crippen LogP contribution is 2.26. The Kier molecular flexibility index (Phi) is 2.03. The zero-order chi connectivity index (χ0) is 8.39. The van der Waals surface area contributed by atoms with Crippen molar-refractivity contribution in [1.29, 1.82) is 0 Å². The molecule has 0 bridgehead atoms. The van der Waals surface area contributed by atoms with E-state index < -0.39 is 0 Å². The molecule has 12 heavy (non-hydrogen) atoms. The Morgan fingerprint density at radius 1 is 1.42 bits per heavy atom. The second kappa shape index (κ2) is 3.18. The first-order valence-electron chi connectivity index (χ1n) is 4.55. The Labute approximate surface area is 73.8 Å². The first-order chi connectivity index (χ1) is 5.92. The third-order valence-corrected chi connectivity index (χ3v) is 2.38. The molecule has 0 aromatic heterocycles. The summed E-state index contributed by atoms with van der Waals surface area (Å²) in [5, 5.41) is 3.43. The predicted octanol–water partition coefficient (Wildman–Crippen LogP) is 2.42. The van der Waals surface area contributed by atoms with Crippen molar-refractivity contribution >= 4 is 5.69 Å². The van der Waals surface area contributed by atoms with E-state index in [1.54, 1.807) is 0 Å². The van der Waals surface area contributed by atoms with Gasteiger partial charge in [-0.2, -0.15) is 0 Å². The predicted molar refractivity (Wildman–Crippen MR) is 52.3 cm³/mol. The summed E-state index contributed by atoms with van der Waals surface area (Å²) in [5.41, 5.74) is 4.28. The van der Waals surface area contributed by atoms with Crippen LogP contribution in [0.15, 0.2) is 18.2 Å². The molecule has 1 aliphatic rings. The Hall–Kier alpha value is -0.980. The minimum Gasteiger partial charge on any atom is -0.384 e. The van der Waals surface area contributed by atoms with Crippen LogP contribution in [0.25, 0.3) is 0 Å². The van der Waals surface area contributed by atoms with Gasteiger partial charge in [-0.05, 0) is 30.4 Å². The van der Waals surface area contributed by atoms with Gasteiger partial charge in [-0.3, -0.25) is 0 Å². The van der Waals surface area contributed by atoms with Crippen LogP contribution in [-0.2, 0) is 12.8 Å². The van der Waals surface area contributed by atoms with Gasteiger partial charge in [0.05, 0.1) is 0 Å². The summed E-state index contributed by atoms with van der Waals surface area (Å²) in [4.78, 5) is 0. The van der Waals surface area contributed by atoms with Crippen LogP contribution in [0.3, 0.4) is 0 Å². The lowest BCUT2D eigenvalue weighted by Crippen LogP contribution is -1.95. The normalized spacial score (nSPS) is 14.1. The van der Waals surface area contributed by atoms with Crippen LogP contribution in [-0.4, -0.2) is 6.54 Å². The van der Waals surface area contributed by atoms with Crippen molar-refractivity contribution < 1.29 is 0 Å². The lowest BCUT2D eigenvalue weighted by molar-refractivity contribution is 1.00. The molecular weight excluding hydrogens is 146 g/mol. The second-order valence-electron chi connectivity index (χ2n) is 3.23. The Morgan fingerprint density at radius 3 is 3.17 bits per heavy atom. The lowest BCUT2D eigenvalue weighted by Gasteiger charge is -2.06. The van der Waals surface area contributed by atoms with Gasteiger partial charge in [0.2, 0.25) is 0 Å². The third-order valence-electron chi connectivity index (χ3n) is 2.38. The zero-order valence-electron chi connectivity index (χ0n) is 7.27. The molecule has 1 aromatic rings. The SMILES string of the molecule is [CH2]CCc1cccc2c1NCC2. The number of hydrogen-bond donors (Lipinski definition) is 1. The molecule has 0 amide bonds. The van der Waals surface area contributed by atoms with E-state index in [4.69, 9.17) is 0 Å². The van der Waals surface area contributed by atoms with Gasteiger partial charge in [0.25, 0.3) is 0 Å². The van der Waals surface area contributed by atoms with E-state index in [2.05, 4.69) is 30.4 Å². The molecule has 1 aliphatic heterocycles. The van der Waals surface area contributed by atoms with Crippen LogP contribution >= 0.6 is 0 Å². The maximum absolute atomic E-state index is 3.88. The number of rotatable bonds is 2. The van der Waals surface area contributed by atoms with Crippen molar-refractivity contribution in [3.63, 3.8) is 0 Å². The smallest absolute Gasteiger partial charge is 0.0406 e. The Morgan fingerprint density at radius 2 is 2.33 bits per heavy atom. The molecule has 1 heteroatoms. The van der Waals surface area contributed by atoms with Gasteiger partial charge < -0.3 is 5.32 Å². The molecule has 1 aromatic carbocycles. The molecule has 0 saturated heterocycles. The summed E-state index contributed by atoms with van der Waals surface area (Å²) < 4.78 is 0. The van der Waals surface area contributed by atoms with Gasteiger partial charge in [0, 0.05) is 12.2 Å². The monoisotopic (exact) mass is 160 g/mol. The maximum atomic E-state index is 3.88. The minimum atomic E-state index is 0.984. The van der Waals surface area contributed by atoms with Crippen LogP contribution < -0.4 is 5.32 Å². The molecule has 63 valence electrons. The molecule has 0 atom stereocenters. The topological polar surface area (TPSA) is 12.0 Å². The van der Waals surface area contributed by atoms with E-state index >= 15 is 0 Å². The summed E-state index contributed by atoms with van der Waals surface area (Å²) in [5.74, 6) is 0. The van der Waals surface area contributed by atoms with Crippen molar-refractivity contribution in [2.45, 2.75) is 19.3 Å². The van der Waals surface area contributed by atoms with Gasteiger partial charge in [-0.15, -0.1) is 0 Å². The molecule has 1 radical (unpaired) electrons. The van der Waals surface area contributed by atoms with E-state index in [1.165, 1.54) is 23.2 Å². The van der Waals surface area contributed by atoms with Crippen molar-refractivity contribution in [2.24, 2.45) is 0 Å². The number of fused-ring (bicyclic) bond motifs is 1. The largest absolute Gasteiger partial charge is 0.384 e. The van der Waals surface area contributed by atoms with E-state index in [-0.39, 0.29) is 0 Å². The highest BCUT2D eigenvalue weighted by atomic mass is 14.9. The van der Waals surface area contributed by atoms with Crippen LogP contribution in [0.5, 0.6) is 0 Å². The van der Waals surface area contributed by atoms with Gasteiger partial charge in [-0.1, -0.05) is 25.1 Å². The minimum absolute atomic E-state index is 0.984. The fourth-order valence-electron chi connectivity index (χ4n) is 1.81. The molecule has 0 spiro atoms. The van der Waals surface area contributed by atoms with E-state index in [0.29, 0.717) is 0 Å².